The van der Waals surface area contributed by atoms with Crippen LogP contribution in [0.5, 0.6) is 0 Å². The van der Waals surface area contributed by atoms with Crippen molar-refractivity contribution in [1.29, 1.82) is 0 Å². The van der Waals surface area contributed by atoms with Gasteiger partial charge in [0, 0.05) is 4.47 Å². The second-order valence-electron chi connectivity index (χ2n) is 2.75. The van der Waals surface area contributed by atoms with Crippen LogP contribution in [0.3, 0.4) is 0 Å². The van der Waals surface area contributed by atoms with Crippen LogP contribution in [0.25, 0.3) is 0 Å². The quantitative estimate of drug-likeness (QED) is 0.844. The number of halogens is 2. The summed E-state index contributed by atoms with van der Waals surface area (Å²) in [5.74, 6) is 0.525. The van der Waals surface area contributed by atoms with Crippen LogP contribution in [0.4, 0.5) is 0 Å². The normalized spacial score (nSPS) is 10.4. The lowest BCUT2D eigenvalue weighted by Gasteiger charge is -1.96. The molecule has 0 unspecified atom stereocenters. The van der Waals surface area contributed by atoms with Gasteiger partial charge in [0.05, 0.1) is 6.42 Å². The number of benzene rings is 1. The van der Waals surface area contributed by atoms with Gasteiger partial charge in [-0.2, -0.15) is 0 Å². The van der Waals surface area contributed by atoms with Crippen molar-refractivity contribution in [1.82, 2.24) is 10.2 Å². The average molecular weight is 274 g/mol. The Morgan fingerprint density at radius 3 is 2.50 bits per heavy atom. The lowest BCUT2D eigenvalue weighted by atomic mass is 10.2. The number of nitrogens with zero attached hydrogens (tertiary/aromatic N) is 2. The van der Waals surface area contributed by atoms with E-state index < -0.39 is 0 Å². The van der Waals surface area contributed by atoms with Crippen molar-refractivity contribution in [2.45, 2.75) is 6.42 Å². The molecule has 0 saturated carbocycles. The summed E-state index contributed by atoms with van der Waals surface area (Å²) in [6, 6.07) is 7.91. The van der Waals surface area contributed by atoms with Crippen molar-refractivity contribution in [3.63, 3.8) is 0 Å². The van der Waals surface area contributed by atoms with Gasteiger partial charge in [-0.25, -0.2) is 0 Å². The van der Waals surface area contributed by atoms with E-state index in [1.165, 1.54) is 0 Å². The molecule has 0 fully saturated rings. The highest BCUT2D eigenvalue weighted by Crippen LogP contribution is 2.14. The van der Waals surface area contributed by atoms with E-state index in [4.69, 9.17) is 16.0 Å². The van der Waals surface area contributed by atoms with Crippen molar-refractivity contribution in [2.24, 2.45) is 0 Å². The summed E-state index contributed by atoms with van der Waals surface area (Å²) in [4.78, 5) is 0. The molecule has 0 bridgehead atoms. The third-order valence-electron chi connectivity index (χ3n) is 1.71. The third-order valence-corrected chi connectivity index (χ3v) is 2.39. The Labute approximate surface area is 94.2 Å². The van der Waals surface area contributed by atoms with Crippen LogP contribution < -0.4 is 0 Å². The van der Waals surface area contributed by atoms with Crippen LogP contribution in [-0.4, -0.2) is 10.2 Å². The van der Waals surface area contributed by atoms with E-state index in [1.807, 2.05) is 24.3 Å². The molecule has 0 aliphatic rings. The summed E-state index contributed by atoms with van der Waals surface area (Å²) in [5, 5.41) is 7.42. The van der Waals surface area contributed by atoms with Gasteiger partial charge in [-0.05, 0) is 29.3 Å². The van der Waals surface area contributed by atoms with Gasteiger partial charge < -0.3 is 4.42 Å². The van der Waals surface area contributed by atoms with Gasteiger partial charge >= 0.3 is 5.35 Å². The minimum atomic E-state index is 0.0807. The molecule has 0 saturated heterocycles. The summed E-state index contributed by atoms with van der Waals surface area (Å²) in [5.41, 5.74) is 1.11. The Morgan fingerprint density at radius 2 is 1.93 bits per heavy atom. The highest BCUT2D eigenvalue weighted by Gasteiger charge is 2.04. The Balaban J connectivity index is 2.15. The summed E-state index contributed by atoms with van der Waals surface area (Å²) < 4.78 is 6.10. The second-order valence-corrected chi connectivity index (χ2v) is 3.99. The van der Waals surface area contributed by atoms with Crippen molar-refractivity contribution < 1.29 is 4.42 Å². The van der Waals surface area contributed by atoms with Crippen LogP contribution in [0, 0.1) is 0 Å². The van der Waals surface area contributed by atoms with Crippen molar-refractivity contribution in [3.05, 3.63) is 45.5 Å². The third kappa shape index (κ3) is 2.33. The smallest absolute Gasteiger partial charge is 0.312 e. The fraction of sp³-hybridized carbons (Fsp3) is 0.111. The Kier molecular flexibility index (Phi) is 2.84. The molecule has 0 radical (unpaired) electrons. The first-order valence-corrected chi connectivity index (χ1v) is 5.13. The standard InChI is InChI=1S/C9H6BrClN2O/c10-7-3-1-6(2-4-7)5-8-12-13-9(11)14-8/h1-4H,5H2. The van der Waals surface area contributed by atoms with E-state index >= 15 is 0 Å². The largest absolute Gasteiger partial charge is 0.412 e. The van der Waals surface area contributed by atoms with Gasteiger partial charge in [0.2, 0.25) is 5.89 Å². The molecule has 0 spiro atoms. The minimum Gasteiger partial charge on any atom is -0.412 e. The first-order chi connectivity index (χ1) is 6.74. The zero-order chi connectivity index (χ0) is 9.97. The molecule has 3 nitrogen and oxygen atoms in total. The summed E-state index contributed by atoms with van der Waals surface area (Å²) in [6.45, 7) is 0. The lowest BCUT2D eigenvalue weighted by Crippen LogP contribution is -1.87. The van der Waals surface area contributed by atoms with Crippen LogP contribution in [0.1, 0.15) is 11.5 Å². The summed E-state index contributed by atoms with van der Waals surface area (Å²) in [7, 11) is 0. The van der Waals surface area contributed by atoms with Crippen molar-refractivity contribution >= 4 is 27.5 Å². The fourth-order valence-electron chi connectivity index (χ4n) is 1.08. The van der Waals surface area contributed by atoms with Gasteiger partial charge in [0.25, 0.3) is 0 Å². The van der Waals surface area contributed by atoms with Crippen LogP contribution in [-0.2, 0) is 6.42 Å². The van der Waals surface area contributed by atoms with Crippen molar-refractivity contribution in [3.8, 4) is 0 Å². The molecule has 0 N–H and O–H groups in total. The average Bonchev–Trinajstić information content (AvgIpc) is 2.56. The molecule has 2 aromatic rings. The molecule has 1 heterocycles. The molecule has 0 aliphatic heterocycles. The molecule has 0 aliphatic carbocycles. The molecule has 0 atom stereocenters. The molecular formula is C9H6BrClN2O. The van der Waals surface area contributed by atoms with Gasteiger partial charge in [-0.1, -0.05) is 33.2 Å². The van der Waals surface area contributed by atoms with E-state index in [-0.39, 0.29) is 5.35 Å². The van der Waals surface area contributed by atoms with E-state index in [9.17, 15) is 0 Å². The predicted octanol–water partition coefficient (Wildman–Crippen LogP) is 3.08. The van der Waals surface area contributed by atoms with E-state index in [0.29, 0.717) is 12.3 Å². The zero-order valence-corrected chi connectivity index (χ0v) is 9.42. The molecular weight excluding hydrogens is 267 g/mol. The molecule has 1 aromatic heterocycles. The van der Waals surface area contributed by atoms with E-state index in [2.05, 4.69) is 26.1 Å². The fourth-order valence-corrected chi connectivity index (χ4v) is 1.47. The van der Waals surface area contributed by atoms with Gasteiger partial charge in [-0.3, -0.25) is 0 Å². The van der Waals surface area contributed by atoms with Gasteiger partial charge in [-0.15, -0.1) is 5.10 Å². The number of rotatable bonds is 2. The Hall–Kier alpha value is -0.870. The lowest BCUT2D eigenvalue weighted by molar-refractivity contribution is 0.507. The molecule has 2 rings (SSSR count). The molecule has 72 valence electrons. The number of hydrogen-bond acceptors (Lipinski definition) is 3. The zero-order valence-electron chi connectivity index (χ0n) is 7.08. The van der Waals surface area contributed by atoms with E-state index in [0.717, 1.165) is 10.0 Å². The van der Waals surface area contributed by atoms with Gasteiger partial charge in [0.15, 0.2) is 0 Å². The monoisotopic (exact) mass is 272 g/mol. The van der Waals surface area contributed by atoms with Crippen LogP contribution >= 0.6 is 27.5 Å². The van der Waals surface area contributed by atoms with Gasteiger partial charge in [0.1, 0.15) is 0 Å². The number of aromatic nitrogens is 2. The molecule has 5 heteroatoms. The topological polar surface area (TPSA) is 38.9 Å². The van der Waals surface area contributed by atoms with E-state index in [1.54, 1.807) is 0 Å². The first-order valence-electron chi connectivity index (χ1n) is 3.96. The minimum absolute atomic E-state index is 0.0807. The van der Waals surface area contributed by atoms with Crippen LogP contribution in [0.2, 0.25) is 5.35 Å². The summed E-state index contributed by atoms with van der Waals surface area (Å²) >= 11 is 8.87. The predicted molar refractivity (Wildman–Crippen MR) is 56.3 cm³/mol. The van der Waals surface area contributed by atoms with Crippen molar-refractivity contribution in [2.75, 3.05) is 0 Å². The maximum Gasteiger partial charge on any atom is 0.312 e. The molecule has 0 amide bonds. The number of hydrogen-bond donors (Lipinski definition) is 0. The first kappa shape index (κ1) is 9.68. The summed E-state index contributed by atoms with van der Waals surface area (Å²) in [6.07, 6.45) is 0.604. The Morgan fingerprint density at radius 1 is 1.21 bits per heavy atom. The molecule has 14 heavy (non-hydrogen) atoms. The highest BCUT2D eigenvalue weighted by atomic mass is 79.9. The second kappa shape index (κ2) is 4.11. The highest BCUT2D eigenvalue weighted by molar-refractivity contribution is 9.10. The molecule has 1 aromatic carbocycles. The maximum atomic E-state index is 5.50. The van der Waals surface area contributed by atoms with Crippen LogP contribution in [0.15, 0.2) is 33.2 Å². The SMILES string of the molecule is Clc1nnc(Cc2ccc(Br)cc2)o1. The maximum absolute atomic E-state index is 5.50. The Bertz CT molecular complexity index is 427.